The molecule has 3 N–H and O–H groups in total. The van der Waals surface area contributed by atoms with Crippen molar-refractivity contribution in [1.29, 1.82) is 0 Å². The van der Waals surface area contributed by atoms with Crippen LogP contribution in [-0.4, -0.2) is 42.7 Å². The fraction of sp³-hybridized carbons (Fsp3) is 0.273. The third-order valence-corrected chi connectivity index (χ3v) is 4.88. The molecule has 2 aromatic carbocycles. The Morgan fingerprint density at radius 1 is 1.10 bits per heavy atom. The molecule has 1 atom stereocenters. The number of fused-ring (bicyclic) bond motifs is 1. The van der Waals surface area contributed by atoms with Gasteiger partial charge in [0.05, 0.1) is 26.6 Å². The number of carboxylic acids is 1. The Labute approximate surface area is 168 Å². The number of benzene rings is 2. The highest BCUT2D eigenvalue weighted by molar-refractivity contribution is 5.89. The van der Waals surface area contributed by atoms with Crippen LogP contribution in [0.4, 0.5) is 0 Å². The molecule has 1 amide bonds. The highest BCUT2D eigenvalue weighted by atomic mass is 16.5. The minimum atomic E-state index is -0.965. The van der Waals surface area contributed by atoms with Gasteiger partial charge >= 0.3 is 5.97 Å². The number of carbonyl (C=O) groups is 2. The Bertz CT molecular complexity index is 1010. The van der Waals surface area contributed by atoms with E-state index in [4.69, 9.17) is 9.47 Å². The summed E-state index contributed by atoms with van der Waals surface area (Å²) < 4.78 is 10.5. The number of H-pyrrole nitrogens is 1. The number of aliphatic carboxylic acids is 1. The van der Waals surface area contributed by atoms with Crippen molar-refractivity contribution in [2.45, 2.75) is 12.8 Å². The van der Waals surface area contributed by atoms with Gasteiger partial charge in [0.1, 0.15) is 11.5 Å². The van der Waals surface area contributed by atoms with E-state index >= 15 is 0 Å². The zero-order valence-corrected chi connectivity index (χ0v) is 16.4. The summed E-state index contributed by atoms with van der Waals surface area (Å²) in [6, 6.07) is 12.9. The molecule has 7 heteroatoms. The highest BCUT2D eigenvalue weighted by Crippen LogP contribution is 2.24. The van der Waals surface area contributed by atoms with Gasteiger partial charge in [-0.2, -0.15) is 0 Å². The summed E-state index contributed by atoms with van der Waals surface area (Å²) in [5.41, 5.74) is 2.53. The van der Waals surface area contributed by atoms with Crippen LogP contribution in [0.5, 0.6) is 11.5 Å². The topological polar surface area (TPSA) is 101 Å². The first-order valence-electron chi connectivity index (χ1n) is 9.27. The van der Waals surface area contributed by atoms with E-state index in [1.54, 1.807) is 26.5 Å². The van der Waals surface area contributed by atoms with Crippen molar-refractivity contribution in [2.75, 3.05) is 20.8 Å². The number of hydrogen-bond donors (Lipinski definition) is 3. The maximum absolute atomic E-state index is 12.4. The minimum absolute atomic E-state index is 0.0396. The van der Waals surface area contributed by atoms with Gasteiger partial charge in [0, 0.05) is 23.6 Å². The first-order valence-corrected chi connectivity index (χ1v) is 9.27. The van der Waals surface area contributed by atoms with Gasteiger partial charge in [-0.1, -0.05) is 18.2 Å². The van der Waals surface area contributed by atoms with Crippen molar-refractivity contribution in [1.82, 2.24) is 10.3 Å². The number of amides is 1. The highest BCUT2D eigenvalue weighted by Gasteiger charge is 2.21. The van der Waals surface area contributed by atoms with Gasteiger partial charge < -0.3 is 24.9 Å². The molecule has 0 spiro atoms. The smallest absolute Gasteiger partial charge is 0.308 e. The number of para-hydroxylation sites is 1. The molecule has 7 nitrogen and oxygen atoms in total. The predicted molar refractivity (Wildman–Crippen MR) is 109 cm³/mol. The fourth-order valence-electron chi connectivity index (χ4n) is 3.29. The molecule has 3 rings (SSSR count). The van der Waals surface area contributed by atoms with Crippen LogP contribution in [0.25, 0.3) is 10.9 Å². The second-order valence-corrected chi connectivity index (χ2v) is 6.76. The number of aromatic nitrogens is 1. The van der Waals surface area contributed by atoms with E-state index < -0.39 is 11.9 Å². The molecule has 29 heavy (non-hydrogen) atoms. The lowest BCUT2D eigenvalue weighted by molar-refractivity contribution is -0.141. The second-order valence-electron chi connectivity index (χ2n) is 6.76. The van der Waals surface area contributed by atoms with E-state index in [0.29, 0.717) is 11.5 Å². The van der Waals surface area contributed by atoms with Crippen molar-refractivity contribution < 1.29 is 24.2 Å². The number of ether oxygens (including phenoxy) is 2. The molecule has 0 radical (unpaired) electrons. The van der Waals surface area contributed by atoms with Gasteiger partial charge in [0.25, 0.3) is 0 Å². The summed E-state index contributed by atoms with van der Waals surface area (Å²) in [4.78, 5) is 27.2. The van der Waals surface area contributed by atoms with Gasteiger partial charge in [0.15, 0.2) is 0 Å². The molecule has 3 aromatic rings. The average molecular weight is 396 g/mol. The van der Waals surface area contributed by atoms with Crippen LogP contribution in [0.15, 0.2) is 48.7 Å². The van der Waals surface area contributed by atoms with Gasteiger partial charge in [-0.25, -0.2) is 0 Å². The van der Waals surface area contributed by atoms with Crippen LogP contribution >= 0.6 is 0 Å². The van der Waals surface area contributed by atoms with Crippen LogP contribution in [0, 0.1) is 5.92 Å². The Balaban J connectivity index is 1.64. The number of aromatic amines is 1. The van der Waals surface area contributed by atoms with Crippen molar-refractivity contribution in [2.24, 2.45) is 5.92 Å². The van der Waals surface area contributed by atoms with Crippen molar-refractivity contribution in [3.63, 3.8) is 0 Å². The average Bonchev–Trinajstić information content (AvgIpc) is 3.12. The molecule has 0 bridgehead atoms. The van der Waals surface area contributed by atoms with Crippen LogP contribution < -0.4 is 14.8 Å². The summed E-state index contributed by atoms with van der Waals surface area (Å²) in [5, 5.41) is 13.2. The molecule has 0 aliphatic rings. The predicted octanol–water partition coefficient (Wildman–Crippen LogP) is 2.79. The molecule has 1 aromatic heterocycles. The molecule has 1 heterocycles. The zero-order chi connectivity index (χ0) is 20.8. The van der Waals surface area contributed by atoms with Crippen molar-refractivity contribution in [3.8, 4) is 11.5 Å². The van der Waals surface area contributed by atoms with Crippen LogP contribution in [-0.2, 0) is 22.4 Å². The summed E-state index contributed by atoms with van der Waals surface area (Å²) in [7, 11) is 3.14. The Morgan fingerprint density at radius 3 is 2.62 bits per heavy atom. The first-order chi connectivity index (χ1) is 14.0. The van der Waals surface area contributed by atoms with E-state index in [9.17, 15) is 14.7 Å². The van der Waals surface area contributed by atoms with Gasteiger partial charge in [-0.05, 0) is 41.8 Å². The lowest BCUT2D eigenvalue weighted by Gasteiger charge is -2.15. The van der Waals surface area contributed by atoms with E-state index in [0.717, 1.165) is 22.0 Å². The first kappa shape index (κ1) is 20.3. The number of nitrogens with one attached hydrogen (secondary N) is 2. The van der Waals surface area contributed by atoms with Crippen LogP contribution in [0.2, 0.25) is 0 Å². The lowest BCUT2D eigenvalue weighted by atomic mass is 9.98. The lowest BCUT2D eigenvalue weighted by Crippen LogP contribution is -2.35. The monoisotopic (exact) mass is 396 g/mol. The van der Waals surface area contributed by atoms with Crippen LogP contribution in [0.3, 0.4) is 0 Å². The summed E-state index contributed by atoms with van der Waals surface area (Å²) in [6.45, 7) is 0.0396. The maximum Gasteiger partial charge on any atom is 0.308 e. The largest absolute Gasteiger partial charge is 0.497 e. The third kappa shape index (κ3) is 4.87. The summed E-state index contributed by atoms with van der Waals surface area (Å²) in [6.07, 6.45) is 2.20. The van der Waals surface area contributed by atoms with Gasteiger partial charge in [0.2, 0.25) is 5.91 Å². The molecule has 152 valence electrons. The van der Waals surface area contributed by atoms with Gasteiger partial charge in [-0.15, -0.1) is 0 Å². The molecule has 0 saturated carbocycles. The van der Waals surface area contributed by atoms with Gasteiger partial charge in [-0.3, -0.25) is 9.59 Å². The Hall–Kier alpha value is -3.48. The summed E-state index contributed by atoms with van der Waals surface area (Å²) >= 11 is 0. The molecular weight excluding hydrogens is 372 g/mol. The number of carbonyl (C=O) groups excluding carboxylic acids is 1. The maximum atomic E-state index is 12.4. The normalized spacial score (nSPS) is 11.8. The van der Waals surface area contributed by atoms with E-state index in [-0.39, 0.29) is 25.3 Å². The Kier molecular flexibility index (Phi) is 6.39. The molecule has 0 aliphatic carbocycles. The molecular formula is C22H24N2O5. The van der Waals surface area contributed by atoms with E-state index in [1.165, 1.54) is 0 Å². The van der Waals surface area contributed by atoms with E-state index in [2.05, 4.69) is 10.3 Å². The molecule has 0 fully saturated rings. The molecule has 1 unspecified atom stereocenters. The van der Waals surface area contributed by atoms with E-state index in [1.807, 2.05) is 36.4 Å². The second kappa shape index (κ2) is 9.14. The van der Waals surface area contributed by atoms with Crippen molar-refractivity contribution >= 4 is 22.8 Å². The van der Waals surface area contributed by atoms with Crippen LogP contribution in [0.1, 0.15) is 11.1 Å². The Morgan fingerprint density at radius 2 is 1.90 bits per heavy atom. The fourth-order valence-corrected chi connectivity index (χ4v) is 3.29. The molecule has 0 saturated heterocycles. The number of carboxylic acid groups (broad SMARTS) is 1. The SMILES string of the molecule is COc1ccc2[nH]cc(CC(=O)NCC(Cc3ccccc3OC)C(=O)O)c2c1. The number of hydrogen-bond acceptors (Lipinski definition) is 4. The standard InChI is InChI=1S/C22H24N2O5/c1-28-17-7-8-19-18(11-17)15(12-23-19)10-21(25)24-13-16(22(26)27)9-14-5-3-4-6-20(14)29-2/h3-8,11-12,16,23H,9-10,13H2,1-2H3,(H,24,25)(H,26,27). The zero-order valence-electron chi connectivity index (χ0n) is 16.4. The number of rotatable bonds is 9. The number of methoxy groups -OCH3 is 2. The minimum Gasteiger partial charge on any atom is -0.497 e. The summed E-state index contributed by atoms with van der Waals surface area (Å²) in [5.74, 6) is -0.606. The van der Waals surface area contributed by atoms with Crippen molar-refractivity contribution in [3.05, 3.63) is 59.8 Å². The third-order valence-electron chi connectivity index (χ3n) is 4.88. The molecule has 0 aliphatic heterocycles. The quantitative estimate of drug-likeness (QED) is 0.516.